The molecule has 0 fully saturated rings. The number of benzene rings is 1. The van der Waals surface area contributed by atoms with Crippen molar-refractivity contribution in [2.45, 2.75) is 19.6 Å². The van der Waals surface area contributed by atoms with E-state index in [1.807, 2.05) is 12.2 Å². The van der Waals surface area contributed by atoms with Crippen molar-refractivity contribution in [1.29, 1.82) is 0 Å². The van der Waals surface area contributed by atoms with Crippen molar-refractivity contribution in [1.82, 2.24) is 13.9 Å². The molecule has 2 aromatic heterocycles. The van der Waals surface area contributed by atoms with Crippen molar-refractivity contribution >= 4 is 38.6 Å². The Bertz CT molecular complexity index is 1250. The van der Waals surface area contributed by atoms with Gasteiger partial charge in [-0.3, -0.25) is 18.8 Å². The van der Waals surface area contributed by atoms with Gasteiger partial charge in [-0.1, -0.05) is 29.4 Å². The van der Waals surface area contributed by atoms with Crippen LogP contribution in [0.4, 0.5) is 10.1 Å². The first kappa shape index (κ1) is 15.8. The number of allylic oxidation sites excluding steroid dienone is 2. The number of nitrogens with zero attached hydrogens (tertiary/aromatic N) is 4. The zero-order valence-corrected chi connectivity index (χ0v) is 14.4. The predicted molar refractivity (Wildman–Crippen MR) is 95.8 cm³/mol. The van der Waals surface area contributed by atoms with E-state index in [9.17, 15) is 14.0 Å². The van der Waals surface area contributed by atoms with Crippen LogP contribution in [-0.4, -0.2) is 13.9 Å². The van der Waals surface area contributed by atoms with Crippen molar-refractivity contribution in [2.75, 3.05) is 0 Å². The minimum atomic E-state index is -0.548. The standard InChI is InChI=1S/C16H11FN4O2S2/c1-2-5-19-12-9-11(10(17)8-13(12)24-15(19)22)18-14-20-6-3-4-7-21(20)16(23)25-14/h1,3-4,8-9H,5-7H2. The highest BCUT2D eigenvalue weighted by atomic mass is 32.1. The molecule has 4 rings (SSSR count). The third kappa shape index (κ3) is 2.59. The van der Waals surface area contributed by atoms with E-state index in [4.69, 9.17) is 6.42 Å². The number of fused-ring (bicyclic) bond motifs is 2. The van der Waals surface area contributed by atoms with Gasteiger partial charge in [-0.25, -0.2) is 14.1 Å². The summed E-state index contributed by atoms with van der Waals surface area (Å²) in [7, 11) is 0. The molecule has 0 spiro atoms. The van der Waals surface area contributed by atoms with Crippen molar-refractivity contribution in [3.05, 3.63) is 54.2 Å². The Hall–Kier alpha value is -2.70. The molecule has 0 N–H and O–H groups in total. The van der Waals surface area contributed by atoms with Gasteiger partial charge in [-0.05, 0) is 23.5 Å². The molecule has 3 heterocycles. The van der Waals surface area contributed by atoms with Crippen molar-refractivity contribution in [3.8, 4) is 12.3 Å². The SMILES string of the molecule is C#CCn1c(=O)sc2cc(F)c(N=c3sc(=O)n4n3CC=CC4)cc21. The maximum atomic E-state index is 14.4. The van der Waals surface area contributed by atoms with Gasteiger partial charge in [-0.2, -0.15) is 0 Å². The van der Waals surface area contributed by atoms with Gasteiger partial charge in [0.05, 0.1) is 29.9 Å². The molecule has 3 aromatic rings. The van der Waals surface area contributed by atoms with Gasteiger partial charge in [-0.15, -0.1) is 6.42 Å². The first-order valence-electron chi connectivity index (χ1n) is 7.35. The van der Waals surface area contributed by atoms with Crippen LogP contribution in [0, 0.1) is 18.2 Å². The van der Waals surface area contributed by atoms with Gasteiger partial charge < -0.3 is 0 Å². The van der Waals surface area contributed by atoms with E-state index in [1.165, 1.54) is 16.7 Å². The Balaban J connectivity index is 1.95. The van der Waals surface area contributed by atoms with Crippen LogP contribution in [0.2, 0.25) is 0 Å². The Kier molecular flexibility index (Phi) is 3.78. The van der Waals surface area contributed by atoms with Crippen LogP contribution in [-0.2, 0) is 19.6 Å². The summed E-state index contributed by atoms with van der Waals surface area (Å²) >= 11 is 1.90. The summed E-state index contributed by atoms with van der Waals surface area (Å²) in [5.74, 6) is 1.87. The molecule has 0 atom stereocenters. The molecule has 0 aliphatic carbocycles. The van der Waals surface area contributed by atoms with Gasteiger partial charge in [0, 0.05) is 0 Å². The van der Waals surface area contributed by atoms with Crippen LogP contribution in [0.3, 0.4) is 0 Å². The number of terminal acetylenes is 1. The molecule has 0 amide bonds. The molecule has 0 saturated carbocycles. The van der Waals surface area contributed by atoms with Gasteiger partial charge in [0.15, 0.2) is 0 Å². The Labute approximate surface area is 148 Å². The number of thiazole rings is 1. The van der Waals surface area contributed by atoms with Gasteiger partial charge in [0.25, 0.3) is 0 Å². The molecule has 25 heavy (non-hydrogen) atoms. The summed E-state index contributed by atoms with van der Waals surface area (Å²) in [5, 5.41) is 0. The second kappa shape index (κ2) is 5.98. The quantitative estimate of drug-likeness (QED) is 0.506. The molecule has 1 aromatic carbocycles. The second-order valence-corrected chi connectivity index (χ2v) is 7.24. The van der Waals surface area contributed by atoms with Crippen molar-refractivity contribution < 1.29 is 4.39 Å². The van der Waals surface area contributed by atoms with E-state index < -0.39 is 5.82 Å². The first-order chi connectivity index (χ1) is 12.1. The molecule has 0 radical (unpaired) electrons. The third-order valence-electron chi connectivity index (χ3n) is 3.83. The van der Waals surface area contributed by atoms with Gasteiger partial charge >= 0.3 is 9.75 Å². The van der Waals surface area contributed by atoms with E-state index >= 15 is 0 Å². The average Bonchev–Trinajstić information content (AvgIpc) is 3.07. The molecule has 6 nitrogen and oxygen atoms in total. The molecule has 1 aliphatic rings. The fraction of sp³-hybridized carbons (Fsp3) is 0.188. The molecule has 0 saturated heterocycles. The second-order valence-electron chi connectivity index (χ2n) is 5.33. The number of halogens is 1. The van der Waals surface area contributed by atoms with Crippen molar-refractivity contribution in [2.24, 2.45) is 4.99 Å². The lowest BCUT2D eigenvalue weighted by Crippen LogP contribution is -2.28. The number of aromatic nitrogens is 3. The Morgan fingerprint density at radius 3 is 2.68 bits per heavy atom. The lowest BCUT2D eigenvalue weighted by atomic mass is 10.3. The van der Waals surface area contributed by atoms with E-state index in [0.717, 1.165) is 22.7 Å². The normalized spacial score (nSPS) is 14.0. The maximum absolute atomic E-state index is 14.4. The zero-order chi connectivity index (χ0) is 17.6. The fourth-order valence-corrected chi connectivity index (χ4v) is 4.42. The molecular formula is C16H11FN4O2S2. The van der Waals surface area contributed by atoms with Crippen LogP contribution in [0.5, 0.6) is 0 Å². The summed E-state index contributed by atoms with van der Waals surface area (Å²) in [5.41, 5.74) is 0.612. The molecule has 0 bridgehead atoms. The number of rotatable bonds is 2. The van der Waals surface area contributed by atoms with E-state index in [2.05, 4.69) is 10.9 Å². The Morgan fingerprint density at radius 2 is 1.92 bits per heavy atom. The predicted octanol–water partition coefficient (Wildman–Crippen LogP) is 1.66. The molecule has 1 aliphatic heterocycles. The maximum Gasteiger partial charge on any atom is 0.325 e. The monoisotopic (exact) mass is 374 g/mol. The number of hydrogen-bond donors (Lipinski definition) is 0. The first-order valence-corrected chi connectivity index (χ1v) is 8.98. The van der Waals surface area contributed by atoms with Gasteiger partial charge in [0.2, 0.25) is 4.80 Å². The van der Waals surface area contributed by atoms with Crippen LogP contribution >= 0.6 is 22.7 Å². The van der Waals surface area contributed by atoms with E-state index in [-0.39, 0.29) is 22.0 Å². The minimum absolute atomic E-state index is 0.0720. The van der Waals surface area contributed by atoms with Crippen LogP contribution in [0.25, 0.3) is 10.2 Å². The fourth-order valence-electron chi connectivity index (χ4n) is 2.67. The third-order valence-corrected chi connectivity index (χ3v) is 5.64. The average molecular weight is 374 g/mol. The van der Waals surface area contributed by atoms with Crippen molar-refractivity contribution in [3.63, 3.8) is 0 Å². The summed E-state index contributed by atoms with van der Waals surface area (Å²) in [6.45, 7) is 1.08. The summed E-state index contributed by atoms with van der Waals surface area (Å²) in [6, 6.07) is 2.78. The lowest BCUT2D eigenvalue weighted by molar-refractivity contribution is 0.477. The van der Waals surface area contributed by atoms with E-state index in [0.29, 0.717) is 28.1 Å². The lowest BCUT2D eigenvalue weighted by Gasteiger charge is -2.10. The number of hydrogen-bond acceptors (Lipinski definition) is 5. The Morgan fingerprint density at radius 1 is 1.16 bits per heavy atom. The van der Waals surface area contributed by atoms with Crippen LogP contribution in [0.1, 0.15) is 0 Å². The summed E-state index contributed by atoms with van der Waals surface area (Å²) < 4.78 is 19.6. The van der Waals surface area contributed by atoms with Crippen LogP contribution in [0.15, 0.2) is 38.9 Å². The van der Waals surface area contributed by atoms with E-state index in [1.54, 1.807) is 9.36 Å². The zero-order valence-electron chi connectivity index (χ0n) is 12.8. The minimum Gasteiger partial charge on any atom is -0.287 e. The summed E-state index contributed by atoms with van der Waals surface area (Å²) in [6.07, 6.45) is 9.12. The van der Waals surface area contributed by atoms with Crippen LogP contribution < -0.4 is 14.5 Å². The summed E-state index contributed by atoms with van der Waals surface area (Å²) in [4.78, 5) is 28.4. The largest absolute Gasteiger partial charge is 0.325 e. The smallest absolute Gasteiger partial charge is 0.287 e. The topological polar surface area (TPSA) is 61.3 Å². The highest BCUT2D eigenvalue weighted by Crippen LogP contribution is 2.26. The van der Waals surface area contributed by atoms with Gasteiger partial charge in [0.1, 0.15) is 11.5 Å². The highest BCUT2D eigenvalue weighted by Gasteiger charge is 2.14. The highest BCUT2D eigenvalue weighted by molar-refractivity contribution is 7.16. The molecule has 0 unspecified atom stereocenters. The molecule has 126 valence electrons. The molecular weight excluding hydrogens is 363 g/mol. The molecule has 9 heteroatoms.